The zero-order valence-electron chi connectivity index (χ0n) is 9.23. The van der Waals surface area contributed by atoms with Gasteiger partial charge in [0.05, 0.1) is 9.85 Å². The van der Waals surface area contributed by atoms with Crippen molar-refractivity contribution in [1.82, 2.24) is 0 Å². The van der Waals surface area contributed by atoms with Gasteiger partial charge in [-0.25, -0.2) is 8.78 Å². The standard InChI is InChI=1S/C13H6Br2Cl2F2/c14-8-2-1-6(3-10(8)17)13(15)7-4-11(18)12(19)5-9(7)16/h1-5,13H. The normalized spacial score (nSPS) is 12.5. The van der Waals surface area contributed by atoms with Gasteiger partial charge in [-0.1, -0.05) is 45.2 Å². The molecule has 0 fully saturated rings. The summed E-state index contributed by atoms with van der Waals surface area (Å²) in [5.41, 5.74) is 1.24. The molecule has 19 heavy (non-hydrogen) atoms. The second kappa shape index (κ2) is 6.08. The summed E-state index contributed by atoms with van der Waals surface area (Å²) in [7, 11) is 0. The van der Waals surface area contributed by atoms with Crippen LogP contribution in [-0.2, 0) is 0 Å². The summed E-state index contributed by atoms with van der Waals surface area (Å²) < 4.78 is 27.1. The van der Waals surface area contributed by atoms with Crippen LogP contribution in [0.3, 0.4) is 0 Å². The molecule has 0 N–H and O–H groups in total. The van der Waals surface area contributed by atoms with Crippen LogP contribution in [0, 0.1) is 11.6 Å². The molecular weight excluding hydrogens is 425 g/mol. The molecule has 0 spiro atoms. The first-order valence-corrected chi connectivity index (χ1v) is 7.60. The van der Waals surface area contributed by atoms with E-state index >= 15 is 0 Å². The minimum Gasteiger partial charge on any atom is -0.204 e. The SMILES string of the molecule is Fc1cc(Cl)c(C(Br)c2ccc(Br)c(Cl)c2)cc1F. The molecule has 0 saturated heterocycles. The van der Waals surface area contributed by atoms with E-state index in [9.17, 15) is 8.78 Å². The third kappa shape index (κ3) is 3.30. The first-order valence-electron chi connectivity index (χ1n) is 5.13. The fourth-order valence-electron chi connectivity index (χ4n) is 1.58. The smallest absolute Gasteiger partial charge is 0.160 e. The minimum atomic E-state index is -0.970. The summed E-state index contributed by atoms with van der Waals surface area (Å²) >= 11 is 18.6. The monoisotopic (exact) mass is 428 g/mol. The molecule has 0 nitrogen and oxygen atoms in total. The highest BCUT2D eigenvalue weighted by molar-refractivity contribution is 9.10. The molecule has 0 aliphatic heterocycles. The van der Waals surface area contributed by atoms with Gasteiger partial charge in [-0.05, 0) is 51.3 Å². The Morgan fingerprint density at radius 3 is 2.21 bits per heavy atom. The quantitative estimate of drug-likeness (QED) is 0.376. The van der Waals surface area contributed by atoms with Crippen LogP contribution in [0.1, 0.15) is 16.0 Å². The number of alkyl halides is 1. The first kappa shape index (κ1) is 15.2. The summed E-state index contributed by atoms with van der Waals surface area (Å²) in [4.78, 5) is -0.374. The van der Waals surface area contributed by atoms with Gasteiger partial charge in [-0.3, -0.25) is 0 Å². The van der Waals surface area contributed by atoms with E-state index in [1.165, 1.54) is 0 Å². The molecular formula is C13H6Br2Cl2F2. The van der Waals surface area contributed by atoms with Crippen LogP contribution in [0.5, 0.6) is 0 Å². The van der Waals surface area contributed by atoms with Crippen molar-refractivity contribution < 1.29 is 8.78 Å². The number of halogens is 6. The largest absolute Gasteiger partial charge is 0.204 e. The Bertz CT molecular complexity index is 632. The Morgan fingerprint density at radius 2 is 1.58 bits per heavy atom. The molecule has 100 valence electrons. The van der Waals surface area contributed by atoms with Crippen molar-refractivity contribution >= 4 is 55.1 Å². The fraction of sp³-hybridized carbons (Fsp3) is 0.0769. The lowest BCUT2D eigenvalue weighted by Gasteiger charge is -2.14. The second-order valence-corrected chi connectivity index (χ2v) is 6.41. The Hall–Kier alpha value is -0.160. The zero-order chi connectivity index (χ0) is 14.2. The highest BCUT2D eigenvalue weighted by Gasteiger charge is 2.17. The van der Waals surface area contributed by atoms with Crippen molar-refractivity contribution in [3.8, 4) is 0 Å². The molecule has 0 heterocycles. The molecule has 0 bridgehead atoms. The molecule has 2 rings (SSSR count). The Kier molecular flexibility index (Phi) is 4.88. The molecule has 0 aromatic heterocycles. The Balaban J connectivity index is 2.46. The van der Waals surface area contributed by atoms with E-state index < -0.39 is 11.6 Å². The molecule has 0 aliphatic carbocycles. The van der Waals surface area contributed by atoms with Gasteiger partial charge in [0.15, 0.2) is 11.6 Å². The predicted octanol–water partition coefficient (Wildman–Crippen LogP) is 6.52. The van der Waals surface area contributed by atoms with Gasteiger partial charge in [0.1, 0.15) is 0 Å². The first-order chi connectivity index (χ1) is 8.90. The van der Waals surface area contributed by atoms with E-state index in [-0.39, 0.29) is 9.85 Å². The third-order valence-corrected chi connectivity index (χ3v) is 5.13. The molecule has 0 amide bonds. The summed E-state index contributed by atoms with van der Waals surface area (Å²) in [6, 6.07) is 7.35. The van der Waals surface area contributed by atoms with Crippen LogP contribution in [0.2, 0.25) is 10.0 Å². The Labute approximate surface area is 136 Å². The maximum Gasteiger partial charge on any atom is 0.160 e. The van der Waals surface area contributed by atoms with E-state index in [1.807, 2.05) is 6.07 Å². The molecule has 6 heteroatoms. The van der Waals surface area contributed by atoms with Gasteiger partial charge in [0.25, 0.3) is 0 Å². The maximum absolute atomic E-state index is 13.3. The molecule has 0 radical (unpaired) electrons. The fourth-order valence-corrected chi connectivity index (χ4v) is 3.07. The van der Waals surface area contributed by atoms with Crippen molar-refractivity contribution in [2.75, 3.05) is 0 Å². The summed E-state index contributed by atoms with van der Waals surface area (Å²) in [5, 5.41) is 0.681. The van der Waals surface area contributed by atoms with Crippen molar-refractivity contribution in [2.24, 2.45) is 0 Å². The van der Waals surface area contributed by atoms with Crippen LogP contribution in [0.4, 0.5) is 8.78 Å². The van der Waals surface area contributed by atoms with Crippen molar-refractivity contribution in [1.29, 1.82) is 0 Å². The average Bonchev–Trinajstić information content (AvgIpc) is 2.36. The summed E-state index contributed by atoms with van der Waals surface area (Å²) in [5.74, 6) is -1.91. The topological polar surface area (TPSA) is 0 Å². The van der Waals surface area contributed by atoms with Crippen molar-refractivity contribution in [2.45, 2.75) is 4.83 Å². The van der Waals surface area contributed by atoms with Crippen LogP contribution >= 0.6 is 55.1 Å². The number of rotatable bonds is 2. The van der Waals surface area contributed by atoms with Gasteiger partial charge in [0, 0.05) is 9.50 Å². The number of benzene rings is 2. The highest BCUT2D eigenvalue weighted by Crippen LogP contribution is 2.38. The molecule has 2 aromatic carbocycles. The van der Waals surface area contributed by atoms with Crippen LogP contribution in [0.15, 0.2) is 34.8 Å². The lowest BCUT2D eigenvalue weighted by atomic mass is 10.0. The number of hydrogen-bond acceptors (Lipinski definition) is 0. The van der Waals surface area contributed by atoms with E-state index in [0.717, 1.165) is 22.2 Å². The second-order valence-electron chi connectivity index (χ2n) is 3.82. The van der Waals surface area contributed by atoms with E-state index in [1.54, 1.807) is 12.1 Å². The summed E-state index contributed by atoms with van der Waals surface area (Å²) in [6.45, 7) is 0. The highest BCUT2D eigenvalue weighted by atomic mass is 79.9. The van der Waals surface area contributed by atoms with Crippen LogP contribution in [0.25, 0.3) is 0 Å². The van der Waals surface area contributed by atoms with Crippen molar-refractivity contribution in [3.63, 3.8) is 0 Å². The van der Waals surface area contributed by atoms with Gasteiger partial charge in [-0.15, -0.1) is 0 Å². The zero-order valence-corrected chi connectivity index (χ0v) is 13.9. The molecule has 0 saturated carbocycles. The predicted molar refractivity (Wildman–Crippen MR) is 81.3 cm³/mol. The Morgan fingerprint density at radius 1 is 0.947 bits per heavy atom. The molecule has 2 aromatic rings. The van der Waals surface area contributed by atoms with Gasteiger partial charge < -0.3 is 0 Å². The van der Waals surface area contributed by atoms with Crippen LogP contribution < -0.4 is 0 Å². The number of hydrogen-bond donors (Lipinski definition) is 0. The van der Waals surface area contributed by atoms with E-state index in [4.69, 9.17) is 23.2 Å². The lowest BCUT2D eigenvalue weighted by molar-refractivity contribution is 0.507. The van der Waals surface area contributed by atoms with E-state index in [0.29, 0.717) is 10.6 Å². The van der Waals surface area contributed by atoms with Gasteiger partial charge in [0.2, 0.25) is 0 Å². The van der Waals surface area contributed by atoms with Gasteiger partial charge >= 0.3 is 0 Å². The average molecular weight is 431 g/mol. The molecule has 1 atom stereocenters. The maximum atomic E-state index is 13.3. The molecule has 1 unspecified atom stereocenters. The van der Waals surface area contributed by atoms with E-state index in [2.05, 4.69) is 31.9 Å². The third-order valence-electron chi connectivity index (χ3n) is 2.55. The lowest BCUT2D eigenvalue weighted by Crippen LogP contribution is -1.97. The van der Waals surface area contributed by atoms with Gasteiger partial charge in [-0.2, -0.15) is 0 Å². The minimum absolute atomic E-state index is 0.153. The molecule has 0 aliphatic rings. The summed E-state index contributed by atoms with van der Waals surface area (Å²) in [6.07, 6.45) is 0. The van der Waals surface area contributed by atoms with Crippen LogP contribution in [-0.4, -0.2) is 0 Å². The van der Waals surface area contributed by atoms with Crippen molar-refractivity contribution in [3.05, 3.63) is 67.6 Å².